The van der Waals surface area contributed by atoms with Crippen LogP contribution in [0, 0.1) is 11.2 Å². The molecule has 2 heterocycles. The molecule has 1 saturated heterocycles. The van der Waals surface area contributed by atoms with Crippen LogP contribution in [0.5, 0.6) is 0 Å². The molecule has 3 rings (SSSR count). The lowest BCUT2D eigenvalue weighted by molar-refractivity contribution is -0.137. The van der Waals surface area contributed by atoms with Gasteiger partial charge in [-0.1, -0.05) is 18.2 Å². The Labute approximate surface area is 158 Å². The average Bonchev–Trinajstić information content (AvgIpc) is 2.69. The Hall–Kier alpha value is -2.31. The maximum absolute atomic E-state index is 14.8. The van der Waals surface area contributed by atoms with Crippen molar-refractivity contribution in [2.45, 2.75) is 32.3 Å². The Morgan fingerprint density at radius 2 is 2.11 bits per heavy atom. The van der Waals surface area contributed by atoms with Crippen molar-refractivity contribution in [3.05, 3.63) is 54.1 Å². The van der Waals surface area contributed by atoms with Crippen molar-refractivity contribution in [3.63, 3.8) is 0 Å². The molecule has 2 aromatic rings. The first kappa shape index (κ1) is 19.5. The van der Waals surface area contributed by atoms with Crippen molar-refractivity contribution in [2.24, 2.45) is 5.41 Å². The second-order valence-electron chi connectivity index (χ2n) is 7.18. The lowest BCUT2D eigenvalue weighted by Gasteiger charge is -2.36. The molecule has 0 spiro atoms. The van der Waals surface area contributed by atoms with E-state index in [9.17, 15) is 14.3 Å². The summed E-state index contributed by atoms with van der Waals surface area (Å²) in [5.41, 5.74) is 1.39. The van der Waals surface area contributed by atoms with E-state index in [2.05, 4.69) is 10.3 Å². The van der Waals surface area contributed by atoms with Crippen molar-refractivity contribution in [3.8, 4) is 11.1 Å². The number of carbonyl (C=O) groups excluding carboxylic acids is 1. The van der Waals surface area contributed by atoms with Gasteiger partial charge in [-0.05, 0) is 49.4 Å². The molecule has 1 aliphatic rings. The minimum absolute atomic E-state index is 0.151. The monoisotopic (exact) mass is 372 g/mol. The maximum atomic E-state index is 14.8. The zero-order valence-corrected chi connectivity index (χ0v) is 15.5. The topological polar surface area (TPSA) is 71.5 Å². The SMILES string of the molecule is C[C@@H](O)CNC(=O)C1(Cc2ccc(-c3cccnc3)cc2F)CCOCC1. The second-order valence-corrected chi connectivity index (χ2v) is 7.18. The molecule has 0 bridgehead atoms. The van der Waals surface area contributed by atoms with Gasteiger partial charge in [0.05, 0.1) is 11.5 Å². The number of aliphatic hydroxyl groups is 1. The van der Waals surface area contributed by atoms with E-state index in [1.807, 2.05) is 18.2 Å². The molecule has 1 atom stereocenters. The third kappa shape index (κ3) is 4.70. The number of nitrogens with one attached hydrogen (secondary N) is 1. The van der Waals surface area contributed by atoms with Gasteiger partial charge in [0.2, 0.25) is 5.91 Å². The molecule has 144 valence electrons. The van der Waals surface area contributed by atoms with E-state index in [4.69, 9.17) is 4.74 Å². The van der Waals surface area contributed by atoms with Crippen LogP contribution < -0.4 is 5.32 Å². The van der Waals surface area contributed by atoms with Crippen LogP contribution in [0.25, 0.3) is 11.1 Å². The van der Waals surface area contributed by atoms with Gasteiger partial charge < -0.3 is 15.2 Å². The molecule has 1 aliphatic heterocycles. The van der Waals surface area contributed by atoms with E-state index in [-0.39, 0.29) is 18.3 Å². The van der Waals surface area contributed by atoms with Crippen molar-refractivity contribution in [2.75, 3.05) is 19.8 Å². The lowest BCUT2D eigenvalue weighted by Crippen LogP contribution is -2.47. The number of amides is 1. The first-order valence-corrected chi connectivity index (χ1v) is 9.23. The summed E-state index contributed by atoms with van der Waals surface area (Å²) in [4.78, 5) is 16.9. The summed E-state index contributed by atoms with van der Waals surface area (Å²) in [6, 6.07) is 8.79. The van der Waals surface area contributed by atoms with Gasteiger partial charge in [-0.25, -0.2) is 4.39 Å². The quantitative estimate of drug-likeness (QED) is 0.818. The molecule has 0 unspecified atom stereocenters. The summed E-state index contributed by atoms with van der Waals surface area (Å²) in [5, 5.41) is 12.2. The predicted molar refractivity (Wildman–Crippen MR) is 101 cm³/mol. The fourth-order valence-electron chi connectivity index (χ4n) is 3.44. The number of carbonyl (C=O) groups is 1. The number of halogens is 1. The average molecular weight is 372 g/mol. The van der Waals surface area contributed by atoms with Crippen molar-refractivity contribution in [1.82, 2.24) is 10.3 Å². The van der Waals surface area contributed by atoms with Gasteiger partial charge in [0, 0.05) is 37.7 Å². The zero-order valence-electron chi connectivity index (χ0n) is 15.5. The van der Waals surface area contributed by atoms with Crippen LogP contribution in [0.3, 0.4) is 0 Å². The minimum atomic E-state index is -0.718. The molecule has 0 aliphatic carbocycles. The number of benzene rings is 1. The van der Waals surface area contributed by atoms with E-state index in [0.29, 0.717) is 38.0 Å². The predicted octanol–water partition coefficient (Wildman–Crippen LogP) is 2.72. The van der Waals surface area contributed by atoms with Crippen LogP contribution in [0.4, 0.5) is 4.39 Å². The summed E-state index contributed by atoms with van der Waals surface area (Å²) >= 11 is 0. The highest BCUT2D eigenvalue weighted by Gasteiger charge is 2.40. The van der Waals surface area contributed by atoms with E-state index in [0.717, 1.165) is 11.1 Å². The molecule has 1 aromatic carbocycles. The molecular formula is C21H25FN2O3. The summed E-state index contributed by atoms with van der Waals surface area (Å²) in [5.74, 6) is -0.479. The summed E-state index contributed by atoms with van der Waals surface area (Å²) in [7, 11) is 0. The highest BCUT2D eigenvalue weighted by molar-refractivity contribution is 5.83. The smallest absolute Gasteiger partial charge is 0.226 e. The minimum Gasteiger partial charge on any atom is -0.392 e. The molecule has 27 heavy (non-hydrogen) atoms. The summed E-state index contributed by atoms with van der Waals surface area (Å²) < 4.78 is 20.2. The molecule has 1 fully saturated rings. The molecule has 0 radical (unpaired) electrons. The number of hydrogen-bond acceptors (Lipinski definition) is 4. The number of rotatable bonds is 6. The van der Waals surface area contributed by atoms with Crippen LogP contribution in [-0.4, -0.2) is 41.9 Å². The second kappa shape index (κ2) is 8.59. The van der Waals surface area contributed by atoms with Gasteiger partial charge in [-0.3, -0.25) is 9.78 Å². The van der Waals surface area contributed by atoms with Crippen molar-refractivity contribution >= 4 is 5.91 Å². The van der Waals surface area contributed by atoms with Crippen molar-refractivity contribution in [1.29, 1.82) is 0 Å². The van der Waals surface area contributed by atoms with E-state index >= 15 is 0 Å². The van der Waals surface area contributed by atoms with Gasteiger partial charge in [0.15, 0.2) is 0 Å². The molecule has 1 aromatic heterocycles. The lowest BCUT2D eigenvalue weighted by atomic mass is 9.74. The van der Waals surface area contributed by atoms with E-state index in [1.165, 1.54) is 6.07 Å². The standard InChI is InChI=1S/C21H25FN2O3/c1-15(25)13-24-20(26)21(6-9-27-10-7-21)12-17-5-4-16(11-19(17)22)18-3-2-8-23-14-18/h2-5,8,11,14-15,25H,6-7,9-10,12-13H2,1H3,(H,24,26)/t15-/m1/s1. The zero-order chi connectivity index (χ0) is 19.3. The van der Waals surface area contributed by atoms with Gasteiger partial charge in [-0.2, -0.15) is 0 Å². The fraction of sp³-hybridized carbons (Fsp3) is 0.429. The molecule has 5 nitrogen and oxygen atoms in total. The van der Waals surface area contributed by atoms with Gasteiger partial charge in [-0.15, -0.1) is 0 Å². The molecule has 6 heteroatoms. The first-order valence-electron chi connectivity index (χ1n) is 9.23. The first-order chi connectivity index (χ1) is 13.0. The molecule has 0 saturated carbocycles. The third-order valence-corrected chi connectivity index (χ3v) is 5.07. The Bertz CT molecular complexity index is 774. The summed E-state index contributed by atoms with van der Waals surface area (Å²) in [6.07, 6.45) is 4.11. The highest BCUT2D eigenvalue weighted by atomic mass is 19.1. The normalized spacial score (nSPS) is 17.3. The van der Waals surface area contributed by atoms with Gasteiger partial charge in [0.1, 0.15) is 5.82 Å². The molecule has 1 amide bonds. The maximum Gasteiger partial charge on any atom is 0.226 e. The number of ether oxygens (including phenoxy) is 1. The summed E-state index contributed by atoms with van der Waals surface area (Å²) in [6.45, 7) is 2.74. The van der Waals surface area contributed by atoms with Gasteiger partial charge >= 0.3 is 0 Å². The van der Waals surface area contributed by atoms with Crippen LogP contribution >= 0.6 is 0 Å². The highest BCUT2D eigenvalue weighted by Crippen LogP contribution is 2.36. The molecule has 2 N–H and O–H groups in total. The van der Waals surface area contributed by atoms with Crippen LogP contribution in [0.15, 0.2) is 42.7 Å². The van der Waals surface area contributed by atoms with Gasteiger partial charge in [0.25, 0.3) is 0 Å². The number of pyridine rings is 1. The number of nitrogens with zero attached hydrogens (tertiary/aromatic N) is 1. The fourth-order valence-corrected chi connectivity index (χ4v) is 3.44. The number of aliphatic hydroxyl groups excluding tert-OH is 1. The van der Waals surface area contributed by atoms with Crippen molar-refractivity contribution < 1.29 is 19.0 Å². The Kier molecular flexibility index (Phi) is 6.19. The van der Waals surface area contributed by atoms with Crippen LogP contribution in [0.1, 0.15) is 25.3 Å². The van der Waals surface area contributed by atoms with E-state index in [1.54, 1.807) is 25.4 Å². The largest absolute Gasteiger partial charge is 0.392 e. The number of hydrogen-bond donors (Lipinski definition) is 2. The van der Waals surface area contributed by atoms with Crippen LogP contribution in [0.2, 0.25) is 0 Å². The number of aromatic nitrogens is 1. The third-order valence-electron chi connectivity index (χ3n) is 5.07. The Morgan fingerprint density at radius 1 is 1.33 bits per heavy atom. The molecular weight excluding hydrogens is 347 g/mol. The Balaban J connectivity index is 1.82. The van der Waals surface area contributed by atoms with Crippen LogP contribution in [-0.2, 0) is 16.0 Å². The Morgan fingerprint density at radius 3 is 2.74 bits per heavy atom. The van der Waals surface area contributed by atoms with E-state index < -0.39 is 11.5 Å².